The highest BCUT2D eigenvalue weighted by Gasteiger charge is 2.33. The average Bonchev–Trinajstić information content (AvgIpc) is 2.64. The van der Waals surface area contributed by atoms with Gasteiger partial charge < -0.3 is 10.1 Å². The lowest BCUT2D eigenvalue weighted by Crippen LogP contribution is -2.39. The van der Waals surface area contributed by atoms with E-state index in [0.29, 0.717) is 6.42 Å². The number of carbonyl (C=O) groups is 3. The van der Waals surface area contributed by atoms with Crippen LogP contribution in [0.1, 0.15) is 46.4 Å². The summed E-state index contributed by atoms with van der Waals surface area (Å²) in [5.41, 5.74) is -0.113. The van der Waals surface area contributed by atoms with Crippen molar-refractivity contribution in [3.63, 3.8) is 0 Å². The van der Waals surface area contributed by atoms with Gasteiger partial charge in [0, 0.05) is 17.7 Å². The Labute approximate surface area is 156 Å². The van der Waals surface area contributed by atoms with E-state index < -0.39 is 21.6 Å². The maximum Gasteiger partial charge on any atom is 0.308 e. The topological polar surface area (TPSA) is 133 Å². The number of fused-ring (bicyclic) bond motifs is 1. The molecule has 0 radical (unpaired) electrons. The van der Waals surface area contributed by atoms with Gasteiger partial charge in [0.1, 0.15) is 0 Å². The molecule has 2 aliphatic rings. The zero-order valence-corrected chi connectivity index (χ0v) is 15.5. The summed E-state index contributed by atoms with van der Waals surface area (Å²) in [6, 6.07) is 3.82. The second-order valence-corrected chi connectivity index (χ2v) is 8.23. The first-order valence-corrected chi connectivity index (χ1v) is 10.1. The van der Waals surface area contributed by atoms with E-state index in [-0.39, 0.29) is 39.6 Å². The van der Waals surface area contributed by atoms with Crippen LogP contribution in [0.5, 0.6) is 0 Å². The molecule has 2 atom stereocenters. The molecule has 0 spiro atoms. The largest absolute Gasteiger partial charge is 0.469 e. The molecule has 1 aromatic rings. The highest BCUT2D eigenvalue weighted by molar-refractivity contribution is 7.89. The van der Waals surface area contributed by atoms with E-state index in [4.69, 9.17) is 9.88 Å². The van der Waals surface area contributed by atoms with Gasteiger partial charge in [-0.05, 0) is 25.3 Å². The van der Waals surface area contributed by atoms with Crippen molar-refractivity contribution in [3.8, 4) is 0 Å². The van der Waals surface area contributed by atoms with Gasteiger partial charge in [-0.3, -0.25) is 14.4 Å². The third kappa shape index (κ3) is 3.79. The lowest BCUT2D eigenvalue weighted by atomic mass is 9.85. The number of ether oxygens (including phenoxy) is 1. The molecular weight excluding hydrogens is 372 g/mol. The summed E-state index contributed by atoms with van der Waals surface area (Å²) in [6.45, 7) is 0. The quantitative estimate of drug-likeness (QED) is 0.728. The van der Waals surface area contributed by atoms with Crippen molar-refractivity contribution >= 4 is 27.6 Å². The molecule has 0 amide bonds. The fraction of sp³-hybridized carbons (Fsp3) is 0.389. The van der Waals surface area contributed by atoms with Crippen LogP contribution < -0.4 is 10.5 Å². The van der Waals surface area contributed by atoms with Gasteiger partial charge in [-0.25, -0.2) is 13.6 Å². The third-order valence-electron chi connectivity index (χ3n) is 4.91. The number of hydrogen-bond donors (Lipinski definition) is 2. The summed E-state index contributed by atoms with van der Waals surface area (Å²) in [5.74, 6) is -1.62. The van der Waals surface area contributed by atoms with Crippen LogP contribution in [0.25, 0.3) is 0 Å². The second kappa shape index (κ2) is 7.24. The Morgan fingerprint density at radius 3 is 2.67 bits per heavy atom. The van der Waals surface area contributed by atoms with Gasteiger partial charge in [-0.2, -0.15) is 0 Å². The van der Waals surface area contributed by atoms with Gasteiger partial charge in [0.2, 0.25) is 15.8 Å². The molecule has 0 heterocycles. The standard InChI is InChI=1S/C18H20N2O6S/c1-26-18(23)10-4-2-5-11(8-10)20-13-9-14(21)16-12(17(13)22)6-3-7-15(16)27(19,24)25/h3,6-7,9-11,20H,2,4-5,8H2,1H3,(H2,19,24,25)/t10-,11+/m1/s1. The first-order chi connectivity index (χ1) is 12.7. The van der Waals surface area contributed by atoms with Gasteiger partial charge in [-0.15, -0.1) is 0 Å². The molecule has 0 saturated heterocycles. The van der Waals surface area contributed by atoms with E-state index in [1.165, 1.54) is 25.3 Å². The molecule has 1 fully saturated rings. The number of Topliss-reactive ketones (excluding diaryl/α,β-unsaturated/α-hetero) is 1. The SMILES string of the molecule is COC(=O)[C@@H]1CCC[C@H](NC2=CC(=O)c3c(cccc3S(N)(=O)=O)C2=O)C1. The average molecular weight is 392 g/mol. The van der Waals surface area contributed by atoms with Crippen LogP contribution in [-0.4, -0.2) is 39.1 Å². The number of hydrogen-bond acceptors (Lipinski definition) is 7. The van der Waals surface area contributed by atoms with Crippen molar-refractivity contribution in [2.24, 2.45) is 11.1 Å². The van der Waals surface area contributed by atoms with Gasteiger partial charge in [0.05, 0.1) is 29.2 Å². The summed E-state index contributed by atoms with van der Waals surface area (Å²) in [7, 11) is -2.80. The number of allylic oxidation sites excluding steroid dienone is 2. The smallest absolute Gasteiger partial charge is 0.308 e. The fourth-order valence-electron chi connectivity index (χ4n) is 3.65. The van der Waals surface area contributed by atoms with E-state index in [9.17, 15) is 22.8 Å². The number of benzene rings is 1. The maximum absolute atomic E-state index is 12.8. The number of rotatable bonds is 4. The van der Waals surface area contributed by atoms with Crippen molar-refractivity contribution in [2.45, 2.75) is 36.6 Å². The van der Waals surface area contributed by atoms with Crippen LogP contribution in [0.3, 0.4) is 0 Å². The minimum atomic E-state index is -4.14. The summed E-state index contributed by atoms with van der Waals surface area (Å²) < 4.78 is 28.2. The lowest BCUT2D eigenvalue weighted by Gasteiger charge is -2.30. The summed E-state index contributed by atoms with van der Waals surface area (Å²) >= 11 is 0. The number of nitrogens with two attached hydrogens (primary N) is 1. The first-order valence-electron chi connectivity index (χ1n) is 8.53. The number of methoxy groups -OCH3 is 1. The minimum Gasteiger partial charge on any atom is -0.469 e. The monoisotopic (exact) mass is 392 g/mol. The Kier molecular flexibility index (Phi) is 5.16. The minimum absolute atomic E-state index is 0.00291. The Morgan fingerprint density at radius 1 is 1.26 bits per heavy atom. The number of esters is 1. The first kappa shape index (κ1) is 19.2. The van der Waals surface area contributed by atoms with Crippen LogP contribution in [-0.2, 0) is 19.6 Å². The molecule has 0 bridgehead atoms. The van der Waals surface area contributed by atoms with Gasteiger partial charge in [0.25, 0.3) is 0 Å². The number of primary sulfonamides is 1. The summed E-state index contributed by atoms with van der Waals surface area (Å²) in [5, 5.41) is 8.21. The van der Waals surface area contributed by atoms with E-state index in [0.717, 1.165) is 25.3 Å². The second-order valence-electron chi connectivity index (χ2n) is 6.70. The molecule has 3 rings (SSSR count). The summed E-state index contributed by atoms with van der Waals surface area (Å²) in [6.07, 6.45) is 3.85. The third-order valence-corrected chi connectivity index (χ3v) is 5.87. The highest BCUT2D eigenvalue weighted by atomic mass is 32.2. The predicted octanol–water partition coefficient (Wildman–Crippen LogP) is 0.918. The number of nitrogens with one attached hydrogen (secondary N) is 1. The maximum atomic E-state index is 12.8. The van der Waals surface area contributed by atoms with Crippen LogP contribution in [0.2, 0.25) is 0 Å². The van der Waals surface area contributed by atoms with Gasteiger partial charge in [0.15, 0.2) is 5.78 Å². The Bertz CT molecular complexity index is 951. The molecule has 8 nitrogen and oxygen atoms in total. The van der Waals surface area contributed by atoms with Crippen LogP contribution in [0.15, 0.2) is 34.9 Å². The van der Waals surface area contributed by atoms with Crippen LogP contribution >= 0.6 is 0 Å². The normalized spacial score (nSPS) is 22.7. The summed E-state index contributed by atoms with van der Waals surface area (Å²) in [4.78, 5) is 36.7. The van der Waals surface area contributed by atoms with Gasteiger partial charge >= 0.3 is 5.97 Å². The van der Waals surface area contributed by atoms with Crippen LogP contribution in [0, 0.1) is 5.92 Å². The molecule has 1 saturated carbocycles. The van der Waals surface area contributed by atoms with Crippen molar-refractivity contribution < 1.29 is 27.5 Å². The molecule has 0 aliphatic heterocycles. The van der Waals surface area contributed by atoms with E-state index in [1.807, 2.05) is 0 Å². The van der Waals surface area contributed by atoms with Crippen molar-refractivity contribution in [1.29, 1.82) is 0 Å². The van der Waals surface area contributed by atoms with Crippen LogP contribution in [0.4, 0.5) is 0 Å². The number of sulfonamides is 1. The molecule has 144 valence electrons. The molecule has 9 heteroatoms. The Morgan fingerprint density at radius 2 is 2.00 bits per heavy atom. The molecule has 27 heavy (non-hydrogen) atoms. The van der Waals surface area contributed by atoms with E-state index >= 15 is 0 Å². The predicted molar refractivity (Wildman–Crippen MR) is 95.5 cm³/mol. The van der Waals surface area contributed by atoms with Crippen molar-refractivity contribution in [2.75, 3.05) is 7.11 Å². The molecule has 2 aliphatic carbocycles. The van der Waals surface area contributed by atoms with Gasteiger partial charge in [-0.1, -0.05) is 18.6 Å². The number of ketones is 2. The molecular formula is C18H20N2O6S. The zero-order valence-electron chi connectivity index (χ0n) is 14.7. The molecule has 0 aromatic heterocycles. The Hall–Kier alpha value is -2.52. The highest BCUT2D eigenvalue weighted by Crippen LogP contribution is 2.29. The fourth-order valence-corrected chi connectivity index (χ4v) is 4.42. The molecule has 3 N–H and O–H groups in total. The molecule has 1 aromatic carbocycles. The van der Waals surface area contributed by atoms with Crippen molar-refractivity contribution in [3.05, 3.63) is 41.1 Å². The van der Waals surface area contributed by atoms with E-state index in [1.54, 1.807) is 0 Å². The number of carbonyl (C=O) groups excluding carboxylic acids is 3. The Balaban J connectivity index is 1.86. The molecule has 0 unspecified atom stereocenters. The van der Waals surface area contributed by atoms with Crippen molar-refractivity contribution in [1.82, 2.24) is 5.32 Å². The zero-order chi connectivity index (χ0) is 19.8. The lowest BCUT2D eigenvalue weighted by molar-refractivity contribution is -0.146. The van der Waals surface area contributed by atoms with E-state index in [2.05, 4.69) is 5.32 Å².